The van der Waals surface area contributed by atoms with Gasteiger partial charge in [0.1, 0.15) is 0 Å². The first-order chi connectivity index (χ1) is 12.3. The number of piperidine rings is 1. The fourth-order valence-corrected chi connectivity index (χ4v) is 6.28. The molecule has 1 aliphatic carbocycles. The molecule has 0 aromatic heterocycles. The minimum absolute atomic E-state index is 0. The van der Waals surface area contributed by atoms with Crippen LogP contribution in [0.2, 0.25) is 5.02 Å². The summed E-state index contributed by atoms with van der Waals surface area (Å²) in [6, 6.07) is 6.12. The van der Waals surface area contributed by atoms with E-state index in [2.05, 4.69) is 17.6 Å². The molecule has 0 unspecified atom stereocenters. The maximum Gasteiger partial charge on any atom is 0.241 e. The zero-order chi connectivity index (χ0) is 18.8. The van der Waals surface area contributed by atoms with Crippen LogP contribution in [-0.2, 0) is 14.6 Å². The molecule has 0 radical (unpaired) electrons. The lowest BCUT2D eigenvalue weighted by atomic mass is 9.81. The Hall–Kier alpha value is -0.820. The van der Waals surface area contributed by atoms with E-state index in [-0.39, 0.29) is 28.6 Å². The molecule has 0 spiro atoms. The molecular formula is C19H28Cl2N2O3S. The second kappa shape index (κ2) is 8.68. The molecule has 3 rings (SSSR count). The van der Waals surface area contributed by atoms with Gasteiger partial charge in [0.05, 0.1) is 4.90 Å². The number of sulfone groups is 1. The summed E-state index contributed by atoms with van der Waals surface area (Å²) < 4.78 is 25.3. The van der Waals surface area contributed by atoms with Crippen LogP contribution in [0.5, 0.6) is 0 Å². The topological polar surface area (TPSA) is 75.3 Å². The Balaban J connectivity index is 0.00000261. The standard InChI is InChI=1S/C19H27ClN2O3S.ClH/c1-18(10-12-21-13-11-18)14-22-17(23)19(8-2-3-9-19)26(24,25)16-6-4-15(20)5-7-16;/h4-7,21H,2-3,8-14H2,1H3,(H,22,23);1H. The summed E-state index contributed by atoms with van der Waals surface area (Å²) in [6.07, 6.45) is 4.21. The molecule has 152 valence electrons. The van der Waals surface area contributed by atoms with Crippen molar-refractivity contribution in [1.82, 2.24) is 10.6 Å². The molecule has 1 aliphatic heterocycles. The van der Waals surface area contributed by atoms with Crippen LogP contribution < -0.4 is 10.6 Å². The van der Waals surface area contributed by atoms with E-state index in [1.54, 1.807) is 12.1 Å². The Morgan fingerprint density at radius 1 is 1.11 bits per heavy atom. The Labute approximate surface area is 173 Å². The van der Waals surface area contributed by atoms with Crippen LogP contribution in [0.1, 0.15) is 45.4 Å². The molecule has 0 atom stereocenters. The van der Waals surface area contributed by atoms with Gasteiger partial charge in [0, 0.05) is 11.6 Å². The molecule has 1 aromatic carbocycles. The van der Waals surface area contributed by atoms with E-state index >= 15 is 0 Å². The smallest absolute Gasteiger partial charge is 0.241 e. The van der Waals surface area contributed by atoms with Crippen LogP contribution in [-0.4, -0.2) is 38.7 Å². The fourth-order valence-electron chi connectivity index (χ4n) is 4.07. The van der Waals surface area contributed by atoms with Gasteiger partial charge in [0.15, 0.2) is 14.6 Å². The minimum atomic E-state index is -3.77. The first kappa shape index (κ1) is 22.5. The van der Waals surface area contributed by atoms with Crippen molar-refractivity contribution in [3.63, 3.8) is 0 Å². The third-order valence-electron chi connectivity index (χ3n) is 5.95. The number of benzene rings is 1. The van der Waals surface area contributed by atoms with E-state index in [1.807, 2.05) is 0 Å². The number of carbonyl (C=O) groups is 1. The van der Waals surface area contributed by atoms with Gasteiger partial charge in [-0.1, -0.05) is 31.4 Å². The molecule has 2 N–H and O–H groups in total. The van der Waals surface area contributed by atoms with Crippen molar-refractivity contribution in [3.8, 4) is 0 Å². The van der Waals surface area contributed by atoms with Gasteiger partial charge in [0.25, 0.3) is 0 Å². The average molecular weight is 435 g/mol. The number of halogens is 2. The quantitative estimate of drug-likeness (QED) is 0.744. The van der Waals surface area contributed by atoms with Gasteiger partial charge < -0.3 is 10.6 Å². The molecule has 1 heterocycles. The van der Waals surface area contributed by atoms with Crippen LogP contribution in [0.15, 0.2) is 29.2 Å². The number of rotatable bonds is 5. The normalized spacial score (nSPS) is 21.3. The first-order valence-electron chi connectivity index (χ1n) is 9.28. The molecule has 1 aromatic rings. The molecule has 1 saturated carbocycles. The highest BCUT2D eigenvalue weighted by Crippen LogP contribution is 2.41. The lowest BCUT2D eigenvalue weighted by molar-refractivity contribution is -0.124. The Bertz CT molecular complexity index is 754. The van der Waals surface area contributed by atoms with Crippen LogP contribution in [0, 0.1) is 5.41 Å². The highest BCUT2D eigenvalue weighted by molar-refractivity contribution is 7.93. The monoisotopic (exact) mass is 434 g/mol. The van der Waals surface area contributed by atoms with E-state index in [9.17, 15) is 13.2 Å². The van der Waals surface area contributed by atoms with Crippen molar-refractivity contribution in [2.45, 2.75) is 55.1 Å². The summed E-state index contributed by atoms with van der Waals surface area (Å²) in [5.41, 5.74) is 0.0186. The third kappa shape index (κ3) is 4.44. The van der Waals surface area contributed by atoms with Crippen LogP contribution in [0.25, 0.3) is 0 Å². The van der Waals surface area contributed by atoms with Crippen molar-refractivity contribution in [2.75, 3.05) is 19.6 Å². The summed E-state index contributed by atoms with van der Waals surface area (Å²) in [4.78, 5) is 13.3. The highest BCUT2D eigenvalue weighted by atomic mass is 35.5. The molecular weight excluding hydrogens is 407 g/mol. The fraction of sp³-hybridized carbons (Fsp3) is 0.632. The zero-order valence-corrected chi connectivity index (χ0v) is 18.0. The number of nitrogens with one attached hydrogen (secondary N) is 2. The van der Waals surface area contributed by atoms with Gasteiger partial charge in [0.2, 0.25) is 5.91 Å². The molecule has 1 saturated heterocycles. The van der Waals surface area contributed by atoms with E-state index in [0.717, 1.165) is 38.8 Å². The Kier molecular flexibility index (Phi) is 7.22. The lowest BCUT2D eigenvalue weighted by Gasteiger charge is -2.36. The second-order valence-corrected chi connectivity index (χ2v) is 10.6. The van der Waals surface area contributed by atoms with Crippen LogP contribution in [0.4, 0.5) is 0 Å². The van der Waals surface area contributed by atoms with Gasteiger partial charge in [-0.2, -0.15) is 0 Å². The largest absolute Gasteiger partial charge is 0.354 e. The van der Waals surface area contributed by atoms with Crippen molar-refractivity contribution in [1.29, 1.82) is 0 Å². The van der Waals surface area contributed by atoms with Gasteiger partial charge >= 0.3 is 0 Å². The summed E-state index contributed by atoms with van der Waals surface area (Å²) in [5.74, 6) is -0.343. The third-order valence-corrected chi connectivity index (χ3v) is 8.72. The first-order valence-corrected chi connectivity index (χ1v) is 11.1. The van der Waals surface area contributed by atoms with Crippen molar-refractivity contribution in [3.05, 3.63) is 29.3 Å². The van der Waals surface area contributed by atoms with E-state index in [1.165, 1.54) is 12.1 Å². The van der Waals surface area contributed by atoms with Gasteiger partial charge in [-0.3, -0.25) is 4.79 Å². The van der Waals surface area contributed by atoms with Gasteiger partial charge in [-0.25, -0.2) is 8.42 Å². The maximum absolute atomic E-state index is 13.3. The summed E-state index contributed by atoms with van der Waals surface area (Å²) in [5, 5.41) is 6.79. The SMILES string of the molecule is CC1(CNC(=O)C2(S(=O)(=O)c3ccc(Cl)cc3)CCCC2)CCNCC1.Cl. The maximum atomic E-state index is 13.3. The molecule has 1 amide bonds. The predicted octanol–water partition coefficient (Wildman–Crippen LogP) is 3.35. The van der Waals surface area contributed by atoms with Gasteiger partial charge in [-0.05, 0) is 68.5 Å². The lowest BCUT2D eigenvalue weighted by Crippen LogP contribution is -2.53. The Morgan fingerprint density at radius 3 is 2.22 bits per heavy atom. The van der Waals surface area contributed by atoms with Gasteiger partial charge in [-0.15, -0.1) is 12.4 Å². The van der Waals surface area contributed by atoms with Crippen molar-refractivity contribution >= 4 is 39.8 Å². The van der Waals surface area contributed by atoms with Crippen LogP contribution >= 0.6 is 24.0 Å². The average Bonchev–Trinajstić information content (AvgIpc) is 3.12. The Morgan fingerprint density at radius 2 is 1.67 bits per heavy atom. The number of carbonyl (C=O) groups excluding carboxylic acids is 1. The van der Waals surface area contributed by atoms with E-state index < -0.39 is 14.6 Å². The van der Waals surface area contributed by atoms with Crippen LogP contribution in [0.3, 0.4) is 0 Å². The van der Waals surface area contributed by atoms with Crippen molar-refractivity contribution in [2.24, 2.45) is 5.41 Å². The second-order valence-electron chi connectivity index (χ2n) is 7.90. The molecule has 5 nitrogen and oxygen atoms in total. The molecule has 0 bridgehead atoms. The molecule has 2 aliphatic rings. The molecule has 2 fully saturated rings. The summed E-state index contributed by atoms with van der Waals surface area (Å²) in [6.45, 7) is 4.54. The molecule has 8 heteroatoms. The molecule has 27 heavy (non-hydrogen) atoms. The zero-order valence-electron chi connectivity index (χ0n) is 15.6. The van der Waals surface area contributed by atoms with E-state index in [0.29, 0.717) is 24.4 Å². The highest BCUT2D eigenvalue weighted by Gasteiger charge is 2.53. The minimum Gasteiger partial charge on any atom is -0.354 e. The number of amides is 1. The van der Waals surface area contributed by atoms with E-state index in [4.69, 9.17) is 11.6 Å². The number of hydrogen-bond donors (Lipinski definition) is 2. The summed E-state index contributed by atoms with van der Waals surface area (Å²) >= 11 is 5.89. The predicted molar refractivity (Wildman–Crippen MR) is 110 cm³/mol. The summed E-state index contributed by atoms with van der Waals surface area (Å²) in [7, 11) is -3.77. The van der Waals surface area contributed by atoms with Crippen molar-refractivity contribution < 1.29 is 13.2 Å². The number of hydrogen-bond acceptors (Lipinski definition) is 4.